The number of rotatable bonds is 8. The van der Waals surface area contributed by atoms with Crippen molar-refractivity contribution in [3.8, 4) is 0 Å². The van der Waals surface area contributed by atoms with E-state index in [0.29, 0.717) is 6.61 Å². The summed E-state index contributed by atoms with van der Waals surface area (Å²) in [6, 6.07) is 0.0250. The summed E-state index contributed by atoms with van der Waals surface area (Å²) in [5.41, 5.74) is 0. The SMILES string of the molecule is CC(CC(=O)O)NCCOCC1CC1. The van der Waals surface area contributed by atoms with Crippen molar-refractivity contribution in [3.63, 3.8) is 0 Å². The molecule has 0 amide bonds. The van der Waals surface area contributed by atoms with Crippen LogP contribution in [0.25, 0.3) is 0 Å². The van der Waals surface area contributed by atoms with E-state index < -0.39 is 5.97 Å². The van der Waals surface area contributed by atoms with E-state index in [0.717, 1.165) is 19.1 Å². The number of hydrogen-bond acceptors (Lipinski definition) is 3. The highest BCUT2D eigenvalue weighted by Crippen LogP contribution is 2.28. The standard InChI is InChI=1S/C10H19NO3/c1-8(6-10(12)13)11-4-5-14-7-9-2-3-9/h8-9,11H,2-7H2,1H3,(H,12,13). The van der Waals surface area contributed by atoms with Crippen LogP contribution >= 0.6 is 0 Å². The van der Waals surface area contributed by atoms with Crippen molar-refractivity contribution < 1.29 is 14.6 Å². The maximum Gasteiger partial charge on any atom is 0.304 e. The van der Waals surface area contributed by atoms with E-state index in [9.17, 15) is 4.79 Å². The normalized spacial score (nSPS) is 18.1. The molecule has 0 radical (unpaired) electrons. The number of aliphatic carboxylic acids is 1. The molecule has 1 aliphatic rings. The highest BCUT2D eigenvalue weighted by atomic mass is 16.5. The van der Waals surface area contributed by atoms with Gasteiger partial charge in [-0.2, -0.15) is 0 Å². The van der Waals surface area contributed by atoms with Gasteiger partial charge in [0.2, 0.25) is 0 Å². The van der Waals surface area contributed by atoms with E-state index in [4.69, 9.17) is 9.84 Å². The van der Waals surface area contributed by atoms with Gasteiger partial charge in [0.25, 0.3) is 0 Å². The maximum absolute atomic E-state index is 10.3. The van der Waals surface area contributed by atoms with Crippen molar-refractivity contribution >= 4 is 5.97 Å². The summed E-state index contributed by atoms with van der Waals surface area (Å²) in [7, 11) is 0. The molecule has 1 saturated carbocycles. The molecule has 14 heavy (non-hydrogen) atoms. The minimum absolute atomic E-state index is 0.0250. The molecule has 0 heterocycles. The van der Waals surface area contributed by atoms with Gasteiger partial charge in [-0.1, -0.05) is 0 Å². The van der Waals surface area contributed by atoms with Crippen molar-refractivity contribution in [1.29, 1.82) is 0 Å². The summed E-state index contributed by atoms with van der Waals surface area (Å²) in [6.07, 6.45) is 2.79. The highest BCUT2D eigenvalue weighted by molar-refractivity contribution is 5.67. The summed E-state index contributed by atoms with van der Waals surface area (Å²) in [5, 5.41) is 11.6. The Bertz CT molecular complexity index is 180. The maximum atomic E-state index is 10.3. The number of hydrogen-bond donors (Lipinski definition) is 2. The predicted molar refractivity (Wildman–Crippen MR) is 53.3 cm³/mol. The minimum Gasteiger partial charge on any atom is -0.481 e. The van der Waals surface area contributed by atoms with Crippen LogP contribution in [0.3, 0.4) is 0 Å². The number of ether oxygens (including phenoxy) is 1. The molecule has 0 aromatic heterocycles. The van der Waals surface area contributed by atoms with Crippen molar-refractivity contribution in [2.75, 3.05) is 19.8 Å². The molecule has 0 aromatic rings. The summed E-state index contributed by atoms with van der Waals surface area (Å²) in [5.74, 6) is 0.0374. The summed E-state index contributed by atoms with van der Waals surface area (Å²) in [6.45, 7) is 4.16. The van der Waals surface area contributed by atoms with Gasteiger partial charge < -0.3 is 15.2 Å². The molecule has 1 unspecified atom stereocenters. The summed E-state index contributed by atoms with van der Waals surface area (Å²) < 4.78 is 5.40. The van der Waals surface area contributed by atoms with Crippen LogP contribution in [0.5, 0.6) is 0 Å². The lowest BCUT2D eigenvalue weighted by atomic mass is 10.2. The molecule has 0 saturated heterocycles. The first-order valence-electron chi connectivity index (χ1n) is 5.21. The zero-order chi connectivity index (χ0) is 10.4. The average molecular weight is 201 g/mol. The van der Waals surface area contributed by atoms with E-state index >= 15 is 0 Å². The summed E-state index contributed by atoms with van der Waals surface area (Å²) >= 11 is 0. The molecular weight excluding hydrogens is 182 g/mol. The molecule has 0 aromatic carbocycles. The Balaban J connectivity index is 1.83. The fraction of sp³-hybridized carbons (Fsp3) is 0.900. The third-order valence-electron chi connectivity index (χ3n) is 2.27. The summed E-state index contributed by atoms with van der Waals surface area (Å²) in [4.78, 5) is 10.3. The van der Waals surface area contributed by atoms with Gasteiger partial charge in [-0.15, -0.1) is 0 Å². The number of carboxylic acids is 1. The molecule has 0 bridgehead atoms. The van der Waals surface area contributed by atoms with E-state index in [2.05, 4.69) is 5.32 Å². The Kier molecular flexibility index (Phi) is 4.90. The van der Waals surface area contributed by atoms with Gasteiger partial charge in [-0.3, -0.25) is 4.79 Å². The van der Waals surface area contributed by atoms with Crippen LogP contribution in [0, 0.1) is 5.92 Å². The van der Waals surface area contributed by atoms with E-state index in [1.807, 2.05) is 6.92 Å². The van der Waals surface area contributed by atoms with E-state index in [1.54, 1.807) is 0 Å². The van der Waals surface area contributed by atoms with Crippen LogP contribution in [0.4, 0.5) is 0 Å². The molecule has 1 fully saturated rings. The van der Waals surface area contributed by atoms with E-state index in [-0.39, 0.29) is 12.5 Å². The predicted octanol–water partition coefficient (Wildman–Crippen LogP) is 0.866. The zero-order valence-electron chi connectivity index (χ0n) is 8.66. The molecule has 1 atom stereocenters. The Hall–Kier alpha value is -0.610. The van der Waals surface area contributed by atoms with Crippen LogP contribution in [0.2, 0.25) is 0 Å². The van der Waals surface area contributed by atoms with Crippen LogP contribution in [0.1, 0.15) is 26.2 Å². The molecule has 1 aliphatic carbocycles. The first-order chi connectivity index (χ1) is 6.68. The third kappa shape index (κ3) is 5.94. The molecule has 4 heteroatoms. The lowest BCUT2D eigenvalue weighted by molar-refractivity contribution is -0.137. The molecule has 1 rings (SSSR count). The van der Waals surface area contributed by atoms with Crippen molar-refractivity contribution in [1.82, 2.24) is 5.32 Å². The van der Waals surface area contributed by atoms with Crippen LogP contribution in [0.15, 0.2) is 0 Å². The van der Waals surface area contributed by atoms with Crippen molar-refractivity contribution in [3.05, 3.63) is 0 Å². The molecule has 0 aliphatic heterocycles. The second kappa shape index (κ2) is 5.98. The Labute approximate surface area is 84.6 Å². The van der Waals surface area contributed by atoms with Gasteiger partial charge in [-0.25, -0.2) is 0 Å². The minimum atomic E-state index is -0.760. The topological polar surface area (TPSA) is 58.6 Å². The number of carbonyl (C=O) groups is 1. The van der Waals surface area contributed by atoms with Crippen LogP contribution < -0.4 is 5.32 Å². The highest BCUT2D eigenvalue weighted by Gasteiger charge is 2.20. The first-order valence-corrected chi connectivity index (χ1v) is 5.21. The first kappa shape index (κ1) is 11.5. The smallest absolute Gasteiger partial charge is 0.304 e. The molecule has 0 spiro atoms. The average Bonchev–Trinajstić information content (AvgIpc) is 2.86. The largest absolute Gasteiger partial charge is 0.481 e. The molecule has 82 valence electrons. The second-order valence-corrected chi connectivity index (χ2v) is 3.97. The Morgan fingerprint density at radius 3 is 2.93 bits per heavy atom. The van der Waals surface area contributed by atoms with Gasteiger partial charge in [0.15, 0.2) is 0 Å². The number of carboxylic acid groups (broad SMARTS) is 1. The third-order valence-corrected chi connectivity index (χ3v) is 2.27. The van der Waals surface area contributed by atoms with Gasteiger partial charge in [0.05, 0.1) is 13.0 Å². The lowest BCUT2D eigenvalue weighted by Crippen LogP contribution is -2.31. The van der Waals surface area contributed by atoms with Crippen molar-refractivity contribution in [2.24, 2.45) is 5.92 Å². The molecule has 2 N–H and O–H groups in total. The van der Waals surface area contributed by atoms with Gasteiger partial charge in [-0.05, 0) is 25.7 Å². The monoisotopic (exact) mass is 201 g/mol. The number of nitrogens with one attached hydrogen (secondary N) is 1. The Morgan fingerprint density at radius 1 is 1.64 bits per heavy atom. The molecular formula is C10H19NO3. The van der Waals surface area contributed by atoms with Crippen LogP contribution in [-0.4, -0.2) is 36.9 Å². The fourth-order valence-electron chi connectivity index (χ4n) is 1.25. The molecule has 4 nitrogen and oxygen atoms in total. The Morgan fingerprint density at radius 2 is 2.36 bits per heavy atom. The lowest BCUT2D eigenvalue weighted by Gasteiger charge is -2.11. The fourth-order valence-corrected chi connectivity index (χ4v) is 1.25. The second-order valence-electron chi connectivity index (χ2n) is 3.97. The van der Waals surface area contributed by atoms with Crippen LogP contribution in [-0.2, 0) is 9.53 Å². The van der Waals surface area contributed by atoms with Gasteiger partial charge in [0.1, 0.15) is 0 Å². The van der Waals surface area contributed by atoms with E-state index in [1.165, 1.54) is 12.8 Å². The zero-order valence-corrected chi connectivity index (χ0v) is 8.66. The quantitative estimate of drug-likeness (QED) is 0.572. The van der Waals surface area contributed by atoms with Gasteiger partial charge >= 0.3 is 5.97 Å². The van der Waals surface area contributed by atoms with Crippen molar-refractivity contribution in [2.45, 2.75) is 32.2 Å². The van der Waals surface area contributed by atoms with Gasteiger partial charge in [0, 0.05) is 19.2 Å².